The van der Waals surface area contributed by atoms with Crippen LogP contribution in [0, 0.1) is 0 Å². The van der Waals surface area contributed by atoms with E-state index in [4.69, 9.17) is 10.5 Å². The first-order valence-corrected chi connectivity index (χ1v) is 22.2. The minimum absolute atomic E-state index is 0.0117. The molecular formula is C52H44F18N2O5. The number of halogens is 18. The van der Waals surface area contributed by atoms with Gasteiger partial charge in [-0.15, -0.1) is 52.7 Å². The predicted molar refractivity (Wildman–Crippen MR) is 244 cm³/mol. The van der Waals surface area contributed by atoms with Crippen molar-refractivity contribution in [2.24, 2.45) is 5.73 Å². The molecule has 0 aromatic heterocycles. The van der Waals surface area contributed by atoms with Gasteiger partial charge in [0, 0.05) is 30.5 Å². The van der Waals surface area contributed by atoms with Gasteiger partial charge in [0.1, 0.15) is 29.3 Å². The SMILES string of the molecule is FC(F)(F)CCNCC(Cc1ccccc1)(c1cccc(OC(F)(F)F)c1)c1cccc(OC(F)(F)F)c1.NCC(Cc1ccccc1)(c1cccc(OC(F)(F)F)c1)c1cccc(OC(F)(F)F)c1.O=CCC(F)(F)F. The van der Waals surface area contributed by atoms with Crippen LogP contribution in [0.25, 0.3) is 0 Å². The zero-order valence-electron chi connectivity index (χ0n) is 39.5. The standard InChI is InChI=1S/C26H22F9NO2.C23H19F6NO2.C3H3F3O/c27-24(28,29)12-13-36-17-23(16-18-6-2-1-3-7-18,19-8-4-10-21(14-19)37-25(30,31)32)20-9-5-11-22(15-20)38-26(33,34)35;24-22(25,26)31-19-10-4-8-17(12-19)21(15-30,14-16-6-2-1-3-7-16)18-9-5-11-20(13-18)32-23(27,28)29;4-3(5,6)1-2-7/h1-11,14-15,36H,12-13,16-17H2;1-13H,14-15,30H2;2H,1H2. The van der Waals surface area contributed by atoms with Crippen molar-refractivity contribution in [1.82, 2.24) is 5.32 Å². The number of carbonyl (C=O) groups excluding carboxylic acids is 1. The summed E-state index contributed by atoms with van der Waals surface area (Å²) in [7, 11) is 0. The maximum atomic E-state index is 12.9. The van der Waals surface area contributed by atoms with Gasteiger partial charge in [-0.25, -0.2) is 0 Å². The number of benzene rings is 6. The third kappa shape index (κ3) is 21.8. The summed E-state index contributed by atoms with van der Waals surface area (Å²) in [5, 5.41) is 2.69. The van der Waals surface area contributed by atoms with E-state index in [1.807, 2.05) is 0 Å². The van der Waals surface area contributed by atoms with E-state index in [1.54, 1.807) is 72.8 Å². The molecule has 418 valence electrons. The average Bonchev–Trinajstić information content (AvgIpc) is 3.30. The number of nitrogens with one attached hydrogen (secondary N) is 1. The van der Waals surface area contributed by atoms with E-state index in [-0.39, 0.29) is 43.3 Å². The lowest BCUT2D eigenvalue weighted by Gasteiger charge is -2.36. The van der Waals surface area contributed by atoms with Crippen LogP contribution in [0.1, 0.15) is 46.2 Å². The molecule has 6 rings (SSSR count). The molecule has 0 fully saturated rings. The summed E-state index contributed by atoms with van der Waals surface area (Å²) in [6.07, 6.45) is -31.1. The molecule has 0 aliphatic heterocycles. The Hall–Kier alpha value is -7.15. The fraction of sp³-hybridized carbons (Fsp3) is 0.288. The molecule has 77 heavy (non-hydrogen) atoms. The maximum absolute atomic E-state index is 12.9. The van der Waals surface area contributed by atoms with E-state index in [0.29, 0.717) is 16.7 Å². The van der Waals surface area contributed by atoms with Crippen molar-refractivity contribution in [3.63, 3.8) is 0 Å². The van der Waals surface area contributed by atoms with Crippen LogP contribution in [0.3, 0.4) is 0 Å². The molecule has 0 unspecified atom stereocenters. The molecule has 0 saturated heterocycles. The smallest absolute Gasteiger partial charge is 0.406 e. The largest absolute Gasteiger partial charge is 0.573 e. The monoisotopic (exact) mass is 1120 g/mol. The van der Waals surface area contributed by atoms with Gasteiger partial charge in [0.15, 0.2) is 0 Å². The molecule has 0 bridgehead atoms. The Bertz CT molecular complexity index is 2630. The highest BCUT2D eigenvalue weighted by molar-refractivity contribution is 5.50. The number of nitrogens with two attached hydrogens (primary N) is 1. The molecule has 3 N–H and O–H groups in total. The van der Waals surface area contributed by atoms with Crippen molar-refractivity contribution in [1.29, 1.82) is 0 Å². The third-order valence-corrected chi connectivity index (χ3v) is 10.9. The zero-order chi connectivity index (χ0) is 57.4. The van der Waals surface area contributed by atoms with Crippen molar-refractivity contribution in [2.75, 3.05) is 19.6 Å². The van der Waals surface area contributed by atoms with Crippen LogP contribution in [-0.2, 0) is 28.5 Å². The van der Waals surface area contributed by atoms with Gasteiger partial charge in [-0.1, -0.05) is 109 Å². The Morgan fingerprint density at radius 2 is 0.714 bits per heavy atom. The molecule has 0 aliphatic rings. The Labute approximate surface area is 427 Å². The van der Waals surface area contributed by atoms with Crippen LogP contribution < -0.4 is 30.0 Å². The molecular weight excluding hydrogens is 1070 g/mol. The molecule has 6 aromatic rings. The second-order valence-corrected chi connectivity index (χ2v) is 16.5. The normalized spacial score (nSPS) is 12.6. The minimum Gasteiger partial charge on any atom is -0.406 e. The Balaban J connectivity index is 0.000000299. The van der Waals surface area contributed by atoms with Crippen molar-refractivity contribution < 1.29 is 103 Å². The third-order valence-electron chi connectivity index (χ3n) is 10.9. The first-order chi connectivity index (χ1) is 35.7. The summed E-state index contributed by atoms with van der Waals surface area (Å²) in [6.45, 7) is -0.896. The summed E-state index contributed by atoms with van der Waals surface area (Å²) < 4.78 is 241. The predicted octanol–water partition coefficient (Wildman–Crippen LogP) is 14.7. The number of hydrogen-bond donors (Lipinski definition) is 2. The topological polar surface area (TPSA) is 92.0 Å². The number of rotatable bonds is 18. The molecule has 6 aromatic carbocycles. The van der Waals surface area contributed by atoms with Crippen LogP contribution in [-0.4, -0.2) is 63.7 Å². The van der Waals surface area contributed by atoms with Crippen molar-refractivity contribution >= 4 is 6.29 Å². The second kappa shape index (κ2) is 26.3. The lowest BCUT2D eigenvalue weighted by atomic mass is 9.70. The number of aldehydes is 1. The average molecular weight is 1120 g/mol. The van der Waals surface area contributed by atoms with Gasteiger partial charge in [0.25, 0.3) is 0 Å². The van der Waals surface area contributed by atoms with E-state index in [0.717, 1.165) is 42.0 Å². The Morgan fingerprint density at radius 3 is 0.974 bits per heavy atom. The molecule has 0 saturated carbocycles. The van der Waals surface area contributed by atoms with Gasteiger partial charge in [0.05, 0.1) is 12.8 Å². The van der Waals surface area contributed by atoms with Crippen LogP contribution in [0.15, 0.2) is 158 Å². The van der Waals surface area contributed by atoms with Gasteiger partial charge in [-0.05, 0) is 94.8 Å². The van der Waals surface area contributed by atoms with E-state index in [9.17, 15) is 79.0 Å². The summed E-state index contributed by atoms with van der Waals surface area (Å²) in [5.74, 6) is -2.09. The molecule has 0 spiro atoms. The van der Waals surface area contributed by atoms with E-state index in [2.05, 4.69) is 24.3 Å². The molecule has 0 amide bonds. The molecule has 25 heteroatoms. The molecule has 0 aliphatic carbocycles. The van der Waals surface area contributed by atoms with Gasteiger partial charge < -0.3 is 34.8 Å². The Kier molecular flexibility index (Phi) is 21.3. The highest BCUT2D eigenvalue weighted by Gasteiger charge is 2.40. The summed E-state index contributed by atoms with van der Waals surface area (Å²) in [4.78, 5) is 9.10. The minimum atomic E-state index is -5.02. The summed E-state index contributed by atoms with van der Waals surface area (Å²) in [5.41, 5.74) is 6.05. The fourth-order valence-corrected chi connectivity index (χ4v) is 7.79. The van der Waals surface area contributed by atoms with E-state index in [1.165, 1.54) is 48.5 Å². The fourth-order valence-electron chi connectivity index (χ4n) is 7.79. The Morgan fingerprint density at radius 1 is 0.403 bits per heavy atom. The van der Waals surface area contributed by atoms with Crippen molar-refractivity contribution in [3.8, 4) is 23.0 Å². The van der Waals surface area contributed by atoms with E-state index >= 15 is 0 Å². The molecule has 0 radical (unpaired) electrons. The van der Waals surface area contributed by atoms with Gasteiger partial charge >= 0.3 is 37.8 Å². The highest BCUT2D eigenvalue weighted by Crippen LogP contribution is 2.42. The molecule has 7 nitrogen and oxygen atoms in total. The summed E-state index contributed by atoms with van der Waals surface area (Å²) in [6, 6.07) is 37.6. The highest BCUT2D eigenvalue weighted by atomic mass is 19.4. The van der Waals surface area contributed by atoms with Crippen LogP contribution in [0.4, 0.5) is 79.0 Å². The van der Waals surface area contributed by atoms with Crippen molar-refractivity contribution in [3.05, 3.63) is 191 Å². The zero-order valence-corrected chi connectivity index (χ0v) is 39.5. The van der Waals surface area contributed by atoms with Crippen LogP contribution in [0.5, 0.6) is 23.0 Å². The second-order valence-electron chi connectivity index (χ2n) is 16.5. The lowest BCUT2D eigenvalue weighted by Crippen LogP contribution is -2.42. The van der Waals surface area contributed by atoms with Gasteiger partial charge in [-0.2, -0.15) is 26.3 Å². The summed E-state index contributed by atoms with van der Waals surface area (Å²) >= 11 is 0. The number of ether oxygens (including phenoxy) is 4. The lowest BCUT2D eigenvalue weighted by molar-refractivity contribution is -0.275. The first kappa shape index (κ1) is 62.4. The first-order valence-electron chi connectivity index (χ1n) is 22.2. The van der Waals surface area contributed by atoms with Gasteiger partial charge in [0.2, 0.25) is 0 Å². The van der Waals surface area contributed by atoms with Crippen molar-refractivity contribution in [2.45, 2.75) is 74.3 Å². The van der Waals surface area contributed by atoms with Gasteiger partial charge in [-0.3, -0.25) is 0 Å². The maximum Gasteiger partial charge on any atom is 0.573 e. The number of alkyl halides is 18. The van der Waals surface area contributed by atoms with Crippen LogP contribution >= 0.6 is 0 Å². The molecule has 0 heterocycles. The number of carbonyl (C=O) groups is 1. The molecule has 0 atom stereocenters. The van der Waals surface area contributed by atoms with Crippen LogP contribution in [0.2, 0.25) is 0 Å². The van der Waals surface area contributed by atoms with E-state index < -0.39 is 91.0 Å². The quantitative estimate of drug-likeness (QED) is 0.0503. The number of hydrogen-bond acceptors (Lipinski definition) is 7.